The largest absolute Gasteiger partial charge is 0.443 e. The van der Waals surface area contributed by atoms with Gasteiger partial charge >= 0.3 is 12.2 Å². The van der Waals surface area contributed by atoms with E-state index in [0.717, 1.165) is 21.5 Å². The number of ether oxygens (including phenoxy) is 3. The van der Waals surface area contributed by atoms with Gasteiger partial charge < -0.3 is 14.2 Å². The van der Waals surface area contributed by atoms with E-state index in [0.29, 0.717) is 45.3 Å². The molecule has 12 nitrogen and oxygen atoms in total. The average molecular weight is 689 g/mol. The Labute approximate surface area is 296 Å². The van der Waals surface area contributed by atoms with Crippen molar-refractivity contribution in [1.29, 1.82) is 0 Å². The van der Waals surface area contributed by atoms with Gasteiger partial charge in [-0.1, -0.05) is 30.3 Å². The van der Waals surface area contributed by atoms with Crippen LogP contribution in [0.5, 0.6) is 0 Å². The zero-order chi connectivity index (χ0) is 36.5. The van der Waals surface area contributed by atoms with Crippen molar-refractivity contribution in [2.45, 2.75) is 79.3 Å². The topological polar surface area (TPSA) is 139 Å². The summed E-state index contributed by atoms with van der Waals surface area (Å²) in [5, 5.41) is 4.17. The molecule has 0 N–H and O–H groups in total. The minimum atomic E-state index is -0.797. The highest BCUT2D eigenvalue weighted by molar-refractivity contribution is 5.98. The highest BCUT2D eigenvalue weighted by Crippen LogP contribution is 2.36. The van der Waals surface area contributed by atoms with Crippen LogP contribution in [-0.2, 0) is 33.8 Å². The SMILES string of the molecule is Cc1ccc(C(=O)Cc2cccc(-c3nc4c(c(N(C(=O)OC(C)(C)C)c5ccc(-c6cnn(C(=O)OC(C)(C)C)c6)cc5)n3)COC4)c2)cn1. The van der Waals surface area contributed by atoms with E-state index in [1.54, 1.807) is 78.3 Å². The quantitative estimate of drug-likeness (QED) is 0.155. The third kappa shape index (κ3) is 8.35. The number of Topliss-reactive ketones (excluding diaryl/α,β-unsaturated/α-hetero) is 1. The summed E-state index contributed by atoms with van der Waals surface area (Å²) < 4.78 is 18.3. The molecule has 0 unspecified atom stereocenters. The van der Waals surface area contributed by atoms with E-state index >= 15 is 0 Å². The van der Waals surface area contributed by atoms with Crippen LogP contribution in [-0.4, -0.2) is 53.9 Å². The molecule has 1 aliphatic rings. The van der Waals surface area contributed by atoms with Crippen LogP contribution in [0.15, 0.2) is 79.3 Å². The number of benzene rings is 2. The van der Waals surface area contributed by atoms with Crippen molar-refractivity contribution >= 4 is 29.5 Å². The first-order valence-corrected chi connectivity index (χ1v) is 16.6. The minimum Gasteiger partial charge on any atom is -0.443 e. The molecule has 1 amide bonds. The van der Waals surface area contributed by atoms with Gasteiger partial charge in [0.1, 0.15) is 11.2 Å². The number of aromatic nitrogens is 5. The van der Waals surface area contributed by atoms with Crippen molar-refractivity contribution in [3.63, 3.8) is 0 Å². The van der Waals surface area contributed by atoms with E-state index in [9.17, 15) is 14.4 Å². The van der Waals surface area contributed by atoms with Gasteiger partial charge in [0.25, 0.3) is 0 Å². The lowest BCUT2D eigenvalue weighted by Crippen LogP contribution is -2.35. The van der Waals surface area contributed by atoms with Crippen molar-refractivity contribution in [2.24, 2.45) is 0 Å². The molecule has 2 aromatic carbocycles. The highest BCUT2D eigenvalue weighted by atomic mass is 16.6. The first kappa shape index (κ1) is 35.1. The van der Waals surface area contributed by atoms with Gasteiger partial charge in [0.2, 0.25) is 0 Å². The third-order valence-electron chi connectivity index (χ3n) is 7.75. The minimum absolute atomic E-state index is 0.0552. The van der Waals surface area contributed by atoms with Gasteiger partial charge in [0, 0.05) is 46.8 Å². The predicted octanol–water partition coefficient (Wildman–Crippen LogP) is 8.02. The second-order valence-corrected chi connectivity index (χ2v) is 14.3. The van der Waals surface area contributed by atoms with Crippen molar-refractivity contribution < 1.29 is 28.6 Å². The molecule has 5 aromatic rings. The number of pyridine rings is 1. The van der Waals surface area contributed by atoms with E-state index in [4.69, 9.17) is 24.2 Å². The molecular weight excluding hydrogens is 648 g/mol. The number of fused-ring (bicyclic) bond motifs is 1. The molecule has 51 heavy (non-hydrogen) atoms. The Kier molecular flexibility index (Phi) is 9.54. The molecule has 0 saturated carbocycles. The molecule has 0 saturated heterocycles. The average Bonchev–Trinajstić information content (AvgIpc) is 3.75. The Morgan fingerprint density at radius 3 is 2.27 bits per heavy atom. The fraction of sp³-hybridized carbons (Fsp3) is 0.308. The highest BCUT2D eigenvalue weighted by Gasteiger charge is 2.32. The Bertz CT molecular complexity index is 2090. The Balaban J connectivity index is 1.35. The van der Waals surface area contributed by atoms with Crippen LogP contribution in [0.2, 0.25) is 0 Å². The molecule has 6 rings (SSSR count). The lowest BCUT2D eigenvalue weighted by molar-refractivity contribution is 0.0513. The van der Waals surface area contributed by atoms with Crippen LogP contribution in [0, 0.1) is 6.92 Å². The number of amides is 1. The molecule has 1 aliphatic heterocycles. The molecule has 262 valence electrons. The van der Waals surface area contributed by atoms with Gasteiger partial charge in [-0.3, -0.25) is 9.78 Å². The van der Waals surface area contributed by atoms with E-state index in [1.807, 2.05) is 49.4 Å². The maximum atomic E-state index is 14.0. The van der Waals surface area contributed by atoms with Gasteiger partial charge in [0.15, 0.2) is 17.4 Å². The van der Waals surface area contributed by atoms with Crippen LogP contribution in [0.4, 0.5) is 21.1 Å². The summed E-state index contributed by atoms with van der Waals surface area (Å²) in [6.45, 7) is 13.1. The van der Waals surface area contributed by atoms with Crippen molar-refractivity contribution in [2.75, 3.05) is 4.90 Å². The molecule has 0 atom stereocenters. The lowest BCUT2D eigenvalue weighted by Gasteiger charge is -2.28. The number of anilines is 2. The standard InChI is InChI=1S/C39H40N6O6/c1-24-11-12-28(19-40-24)33(46)18-25-9-8-10-27(17-25)34-42-32-23-49-22-31(32)35(43-34)45(37(48)51-39(5,6)7)30-15-13-26(14-16-30)29-20-41-44(21-29)36(47)50-38(2,3)4/h8-17,19-21H,18,22-23H2,1-7H3. The molecule has 0 radical (unpaired) electrons. The Hall–Kier alpha value is -5.75. The van der Waals surface area contributed by atoms with Gasteiger partial charge in [-0.25, -0.2) is 24.5 Å². The number of aryl methyl sites for hydroxylation is 1. The number of carbonyl (C=O) groups excluding carboxylic acids is 3. The van der Waals surface area contributed by atoms with Crippen LogP contribution >= 0.6 is 0 Å². The fourth-order valence-corrected chi connectivity index (χ4v) is 5.39. The molecule has 3 aromatic heterocycles. The maximum absolute atomic E-state index is 14.0. The molecule has 0 fully saturated rings. The second-order valence-electron chi connectivity index (χ2n) is 14.3. The Morgan fingerprint density at radius 2 is 1.59 bits per heavy atom. The van der Waals surface area contributed by atoms with Gasteiger partial charge in [0.05, 0.1) is 30.8 Å². The first-order chi connectivity index (χ1) is 24.1. The van der Waals surface area contributed by atoms with Gasteiger partial charge in [-0.15, -0.1) is 0 Å². The third-order valence-corrected chi connectivity index (χ3v) is 7.75. The number of hydrogen-bond donors (Lipinski definition) is 0. The molecule has 0 spiro atoms. The number of carbonyl (C=O) groups is 3. The monoisotopic (exact) mass is 688 g/mol. The summed E-state index contributed by atoms with van der Waals surface area (Å²) in [5.74, 6) is 0.653. The fourth-order valence-electron chi connectivity index (χ4n) is 5.39. The van der Waals surface area contributed by atoms with E-state index in [2.05, 4.69) is 10.1 Å². The van der Waals surface area contributed by atoms with Crippen LogP contribution in [0.25, 0.3) is 22.5 Å². The molecule has 0 bridgehead atoms. The van der Waals surface area contributed by atoms with Crippen molar-refractivity contribution in [1.82, 2.24) is 24.7 Å². The van der Waals surface area contributed by atoms with Crippen LogP contribution in [0.3, 0.4) is 0 Å². The molecular formula is C39H40N6O6. The van der Waals surface area contributed by atoms with Gasteiger partial charge in [-0.05, 0) is 89.9 Å². The zero-order valence-corrected chi connectivity index (χ0v) is 29.8. The summed E-state index contributed by atoms with van der Waals surface area (Å²) in [4.78, 5) is 55.0. The first-order valence-electron chi connectivity index (χ1n) is 16.6. The smallest absolute Gasteiger partial charge is 0.435 e. The predicted molar refractivity (Wildman–Crippen MR) is 191 cm³/mol. The Morgan fingerprint density at radius 1 is 0.843 bits per heavy atom. The van der Waals surface area contributed by atoms with Crippen LogP contribution in [0.1, 0.15) is 74.4 Å². The number of ketones is 1. The number of nitrogens with zero attached hydrogens (tertiary/aromatic N) is 6. The van der Waals surface area contributed by atoms with E-state index in [-0.39, 0.29) is 25.4 Å². The summed E-state index contributed by atoms with van der Waals surface area (Å²) >= 11 is 0. The van der Waals surface area contributed by atoms with Crippen molar-refractivity contribution in [3.8, 4) is 22.5 Å². The van der Waals surface area contributed by atoms with E-state index in [1.165, 1.54) is 4.90 Å². The summed E-state index contributed by atoms with van der Waals surface area (Å²) in [5.41, 5.74) is 4.66. The zero-order valence-electron chi connectivity index (χ0n) is 29.8. The second kappa shape index (κ2) is 13.9. The van der Waals surface area contributed by atoms with Gasteiger partial charge in [-0.2, -0.15) is 9.78 Å². The number of hydrogen-bond acceptors (Lipinski definition) is 10. The lowest BCUT2D eigenvalue weighted by atomic mass is 10.0. The maximum Gasteiger partial charge on any atom is 0.435 e. The van der Waals surface area contributed by atoms with E-state index < -0.39 is 23.4 Å². The number of rotatable bonds is 7. The normalized spacial score (nSPS) is 12.7. The summed E-state index contributed by atoms with van der Waals surface area (Å²) in [7, 11) is 0. The molecule has 4 heterocycles. The molecule has 12 heteroatoms. The molecule has 0 aliphatic carbocycles. The summed E-state index contributed by atoms with van der Waals surface area (Å²) in [6, 6.07) is 18.3. The van der Waals surface area contributed by atoms with Crippen LogP contribution < -0.4 is 4.90 Å². The summed E-state index contributed by atoms with van der Waals surface area (Å²) in [6.07, 6.45) is 3.72. The van der Waals surface area contributed by atoms with Crippen molar-refractivity contribution in [3.05, 3.63) is 107 Å².